The molecule has 0 bridgehead atoms. The van der Waals surface area contributed by atoms with Crippen molar-refractivity contribution in [3.63, 3.8) is 0 Å². The maximum absolute atomic E-state index is 13.3. The highest BCUT2D eigenvalue weighted by atomic mass is 79.9. The van der Waals surface area contributed by atoms with Gasteiger partial charge in [0.1, 0.15) is 12.3 Å². The number of anilines is 1. The molecule has 0 aliphatic heterocycles. The lowest BCUT2D eigenvalue weighted by Crippen LogP contribution is -2.39. The SMILES string of the molecule is COc1ccc(Br)cc1/C=N/NC(=O)CN(c1ccc(C)c(Cl)c1)S(=O)(=O)c1ccccc1. The molecule has 3 aromatic carbocycles. The van der Waals surface area contributed by atoms with Gasteiger partial charge in [-0.2, -0.15) is 5.10 Å². The first-order chi connectivity index (χ1) is 15.7. The van der Waals surface area contributed by atoms with Crippen molar-refractivity contribution in [2.45, 2.75) is 11.8 Å². The molecule has 0 heterocycles. The van der Waals surface area contributed by atoms with Crippen LogP contribution in [-0.2, 0) is 14.8 Å². The lowest BCUT2D eigenvalue weighted by Gasteiger charge is -2.24. The molecule has 0 spiro atoms. The van der Waals surface area contributed by atoms with Crippen molar-refractivity contribution in [1.82, 2.24) is 5.43 Å². The van der Waals surface area contributed by atoms with Crippen LogP contribution < -0.4 is 14.5 Å². The average Bonchev–Trinajstić information content (AvgIpc) is 2.80. The number of carbonyl (C=O) groups excluding carboxylic acids is 1. The Balaban J connectivity index is 1.87. The maximum atomic E-state index is 13.3. The highest BCUT2D eigenvalue weighted by Gasteiger charge is 2.27. The van der Waals surface area contributed by atoms with Crippen LogP contribution in [-0.4, -0.2) is 34.2 Å². The number of ether oxygens (including phenoxy) is 1. The Morgan fingerprint density at radius 3 is 2.55 bits per heavy atom. The van der Waals surface area contributed by atoms with Gasteiger partial charge in [0.25, 0.3) is 15.9 Å². The Morgan fingerprint density at radius 2 is 1.88 bits per heavy atom. The quantitative estimate of drug-likeness (QED) is 0.323. The van der Waals surface area contributed by atoms with Gasteiger partial charge < -0.3 is 4.74 Å². The molecular weight excluding hydrogens is 530 g/mol. The van der Waals surface area contributed by atoms with Crippen molar-refractivity contribution in [2.75, 3.05) is 18.0 Å². The van der Waals surface area contributed by atoms with Crippen LogP contribution in [0.1, 0.15) is 11.1 Å². The molecular formula is C23H21BrClN3O4S. The van der Waals surface area contributed by atoms with Gasteiger partial charge >= 0.3 is 0 Å². The molecule has 1 amide bonds. The minimum atomic E-state index is -4.04. The van der Waals surface area contributed by atoms with E-state index >= 15 is 0 Å². The number of sulfonamides is 1. The van der Waals surface area contributed by atoms with Gasteiger partial charge in [0.05, 0.1) is 23.9 Å². The normalized spacial score (nSPS) is 11.4. The number of rotatable bonds is 8. The van der Waals surface area contributed by atoms with Crippen LogP contribution in [0, 0.1) is 6.92 Å². The number of nitrogens with one attached hydrogen (secondary N) is 1. The van der Waals surface area contributed by atoms with E-state index in [9.17, 15) is 13.2 Å². The van der Waals surface area contributed by atoms with Gasteiger partial charge in [0.15, 0.2) is 0 Å². The monoisotopic (exact) mass is 549 g/mol. The van der Waals surface area contributed by atoms with E-state index in [2.05, 4.69) is 26.5 Å². The minimum Gasteiger partial charge on any atom is -0.496 e. The molecule has 0 saturated heterocycles. The number of halogens is 2. The number of aryl methyl sites for hydroxylation is 1. The van der Waals surface area contributed by atoms with Crippen LogP contribution in [0.15, 0.2) is 81.2 Å². The molecule has 10 heteroatoms. The van der Waals surface area contributed by atoms with Crippen molar-refractivity contribution < 1.29 is 17.9 Å². The topological polar surface area (TPSA) is 88.1 Å². The van der Waals surface area contributed by atoms with E-state index in [0.717, 1.165) is 14.3 Å². The summed E-state index contributed by atoms with van der Waals surface area (Å²) < 4.78 is 33.7. The molecule has 0 unspecified atom stereocenters. The molecule has 172 valence electrons. The van der Waals surface area contributed by atoms with E-state index in [1.54, 1.807) is 49.4 Å². The van der Waals surface area contributed by atoms with Gasteiger partial charge in [0, 0.05) is 15.1 Å². The lowest BCUT2D eigenvalue weighted by molar-refractivity contribution is -0.119. The number of amides is 1. The van der Waals surface area contributed by atoms with Crippen LogP contribution in [0.3, 0.4) is 0 Å². The van der Waals surface area contributed by atoms with E-state index in [-0.39, 0.29) is 10.6 Å². The van der Waals surface area contributed by atoms with Crippen molar-refractivity contribution in [3.05, 3.63) is 87.4 Å². The zero-order valence-electron chi connectivity index (χ0n) is 17.8. The maximum Gasteiger partial charge on any atom is 0.264 e. The Bertz CT molecular complexity index is 1280. The van der Waals surface area contributed by atoms with Gasteiger partial charge in [-0.15, -0.1) is 0 Å². The van der Waals surface area contributed by atoms with Gasteiger partial charge in [-0.25, -0.2) is 13.8 Å². The third kappa shape index (κ3) is 6.13. The summed E-state index contributed by atoms with van der Waals surface area (Å²) in [5.41, 5.74) is 4.06. The number of nitrogens with zero attached hydrogens (tertiary/aromatic N) is 2. The molecule has 0 aliphatic rings. The minimum absolute atomic E-state index is 0.0527. The summed E-state index contributed by atoms with van der Waals surface area (Å²) >= 11 is 9.59. The molecule has 7 nitrogen and oxygen atoms in total. The van der Waals surface area contributed by atoms with E-state index in [4.69, 9.17) is 16.3 Å². The van der Waals surface area contributed by atoms with Crippen LogP contribution >= 0.6 is 27.5 Å². The molecule has 1 N–H and O–H groups in total. The molecule has 0 aliphatic carbocycles. The predicted molar refractivity (Wildman–Crippen MR) is 134 cm³/mol. The van der Waals surface area contributed by atoms with Crippen LogP contribution in [0.4, 0.5) is 5.69 Å². The second-order valence-electron chi connectivity index (χ2n) is 6.94. The van der Waals surface area contributed by atoms with Gasteiger partial charge in [-0.05, 0) is 55.0 Å². The molecule has 0 fully saturated rings. The van der Waals surface area contributed by atoms with E-state index in [1.165, 1.54) is 31.5 Å². The summed E-state index contributed by atoms with van der Waals surface area (Å²) in [7, 11) is -2.51. The van der Waals surface area contributed by atoms with Crippen molar-refractivity contribution >= 4 is 55.4 Å². The largest absolute Gasteiger partial charge is 0.496 e. The summed E-state index contributed by atoms with van der Waals surface area (Å²) in [6.45, 7) is 1.31. The third-order valence-corrected chi connectivity index (χ3v) is 7.33. The zero-order valence-corrected chi connectivity index (χ0v) is 21.0. The molecule has 0 saturated carbocycles. The van der Waals surface area contributed by atoms with E-state index in [0.29, 0.717) is 16.3 Å². The van der Waals surface area contributed by atoms with E-state index < -0.39 is 22.5 Å². The zero-order chi connectivity index (χ0) is 24.0. The van der Waals surface area contributed by atoms with Crippen LogP contribution in [0.25, 0.3) is 0 Å². The summed E-state index contributed by atoms with van der Waals surface area (Å²) in [5.74, 6) is -0.0600. The molecule has 3 aromatic rings. The highest BCUT2D eigenvalue weighted by molar-refractivity contribution is 9.10. The number of benzene rings is 3. The number of methoxy groups -OCH3 is 1. The van der Waals surface area contributed by atoms with Gasteiger partial charge in [-0.1, -0.05) is 51.8 Å². The molecule has 33 heavy (non-hydrogen) atoms. The van der Waals surface area contributed by atoms with Crippen molar-refractivity contribution in [3.8, 4) is 5.75 Å². The number of hydrogen-bond donors (Lipinski definition) is 1. The first-order valence-corrected chi connectivity index (χ1v) is 12.3. The fraction of sp³-hybridized carbons (Fsp3) is 0.130. The molecule has 0 aromatic heterocycles. The second kappa shape index (κ2) is 10.8. The lowest BCUT2D eigenvalue weighted by atomic mass is 10.2. The van der Waals surface area contributed by atoms with E-state index in [1.807, 2.05) is 6.07 Å². The molecule has 0 radical (unpaired) electrons. The fourth-order valence-electron chi connectivity index (χ4n) is 2.92. The number of hydrazone groups is 1. The Hall–Kier alpha value is -2.88. The Morgan fingerprint density at radius 1 is 1.15 bits per heavy atom. The fourth-order valence-corrected chi connectivity index (χ4v) is 4.90. The van der Waals surface area contributed by atoms with Gasteiger partial charge in [0.2, 0.25) is 0 Å². The summed E-state index contributed by atoms with van der Waals surface area (Å²) in [6.07, 6.45) is 1.42. The third-order valence-electron chi connectivity index (χ3n) is 4.65. The second-order valence-corrected chi connectivity index (χ2v) is 10.1. The molecule has 3 rings (SSSR count). The van der Waals surface area contributed by atoms with Crippen molar-refractivity contribution in [2.24, 2.45) is 5.10 Å². The average molecular weight is 551 g/mol. The van der Waals surface area contributed by atoms with Crippen molar-refractivity contribution in [1.29, 1.82) is 0 Å². The summed E-state index contributed by atoms with van der Waals surface area (Å²) in [5, 5.41) is 4.34. The predicted octanol–water partition coefficient (Wildman–Crippen LogP) is 4.77. The van der Waals surface area contributed by atoms with Crippen LogP contribution in [0.2, 0.25) is 5.02 Å². The number of hydrogen-bond acceptors (Lipinski definition) is 5. The first kappa shape index (κ1) is 24.8. The summed E-state index contributed by atoms with van der Waals surface area (Å²) in [4.78, 5) is 12.7. The Kier molecular flexibility index (Phi) is 8.12. The van der Waals surface area contributed by atoms with Crippen LogP contribution in [0.5, 0.6) is 5.75 Å². The van der Waals surface area contributed by atoms with Gasteiger partial charge in [-0.3, -0.25) is 9.10 Å². The summed E-state index contributed by atoms with van der Waals surface area (Å²) in [6, 6.07) is 18.0. The standard InChI is InChI=1S/C23H21BrClN3O4S/c1-16-8-10-19(13-21(16)25)28(33(30,31)20-6-4-3-5-7-20)15-23(29)27-26-14-17-12-18(24)9-11-22(17)32-2/h3-14H,15H2,1-2H3,(H,27,29)/b26-14+. The highest BCUT2D eigenvalue weighted by Crippen LogP contribution is 2.28. The molecule has 0 atom stereocenters. The smallest absolute Gasteiger partial charge is 0.264 e. The number of carbonyl (C=O) groups is 1. The Labute approximate surface area is 206 Å². The first-order valence-electron chi connectivity index (χ1n) is 9.72.